The number of hydrogen-bond acceptors (Lipinski definition) is 4. The van der Waals surface area contributed by atoms with Crippen LogP contribution in [0.4, 0.5) is 10.2 Å². The molecule has 0 aliphatic rings. The van der Waals surface area contributed by atoms with Crippen LogP contribution in [0.25, 0.3) is 22.2 Å². The fourth-order valence-corrected chi connectivity index (χ4v) is 4.25. The van der Waals surface area contributed by atoms with Gasteiger partial charge in [0.05, 0.1) is 29.5 Å². The first-order valence-electron chi connectivity index (χ1n) is 10.7. The highest BCUT2D eigenvalue weighted by Gasteiger charge is 2.19. The molecule has 5 rings (SSSR count). The number of aromatic nitrogens is 5. The summed E-state index contributed by atoms with van der Waals surface area (Å²) in [7, 11) is 1.85. The molecule has 1 amide bonds. The van der Waals surface area contributed by atoms with E-state index in [0.29, 0.717) is 22.2 Å². The number of benzene rings is 2. The van der Waals surface area contributed by atoms with Gasteiger partial charge in [0.15, 0.2) is 5.82 Å². The van der Waals surface area contributed by atoms with Crippen LogP contribution in [0.3, 0.4) is 0 Å². The molecular weight excluding hydrogens is 490 g/mol. The summed E-state index contributed by atoms with van der Waals surface area (Å²) in [6.07, 6.45) is 3.23. The van der Waals surface area contributed by atoms with Gasteiger partial charge in [0.25, 0.3) is 5.91 Å². The van der Waals surface area contributed by atoms with Crippen LogP contribution < -0.4 is 5.32 Å². The molecule has 0 aliphatic heterocycles. The van der Waals surface area contributed by atoms with Crippen molar-refractivity contribution in [3.05, 3.63) is 93.6 Å². The van der Waals surface area contributed by atoms with Crippen molar-refractivity contribution in [3.63, 3.8) is 0 Å². The number of nitrogens with one attached hydrogen (secondary N) is 1. The van der Waals surface area contributed by atoms with Gasteiger partial charge in [-0.3, -0.25) is 14.2 Å². The van der Waals surface area contributed by atoms with Crippen molar-refractivity contribution in [1.29, 1.82) is 0 Å². The first-order valence-corrected chi connectivity index (χ1v) is 11.4. The van der Waals surface area contributed by atoms with E-state index < -0.39 is 11.7 Å². The van der Waals surface area contributed by atoms with Gasteiger partial charge in [-0.2, -0.15) is 10.2 Å². The first-order chi connectivity index (χ1) is 16.8. The summed E-state index contributed by atoms with van der Waals surface area (Å²) in [6, 6.07) is 13.6. The van der Waals surface area contributed by atoms with Gasteiger partial charge in [-0.1, -0.05) is 47.5 Å². The Labute approximate surface area is 210 Å². The average molecular weight is 509 g/mol. The monoisotopic (exact) mass is 508 g/mol. The van der Waals surface area contributed by atoms with E-state index in [1.807, 2.05) is 38.2 Å². The van der Waals surface area contributed by atoms with Gasteiger partial charge in [0.1, 0.15) is 10.8 Å². The Morgan fingerprint density at radius 3 is 2.66 bits per heavy atom. The van der Waals surface area contributed by atoms with Crippen molar-refractivity contribution in [1.82, 2.24) is 24.5 Å². The SMILES string of the molecule is Cc1c(-c2cc(C(=O)Nc3nn(Cc4c(F)cccc4Cl)cc3Cl)c3ccccc3n2)cnn1C. The second-order valence-electron chi connectivity index (χ2n) is 8.02. The lowest BCUT2D eigenvalue weighted by Gasteiger charge is -2.10. The minimum atomic E-state index is -0.448. The summed E-state index contributed by atoms with van der Waals surface area (Å²) in [5.74, 6) is -0.692. The number of carbonyl (C=O) groups is 1. The standard InChI is InChI=1S/C25H19Cl2FN6O/c1-14-17(11-29-33(14)2)23-10-16(15-6-3-4-9-22(15)30-23)25(35)31-24-20(27)13-34(32-24)12-18-19(26)7-5-8-21(18)28/h3-11,13H,12H2,1-2H3,(H,31,32,35). The van der Waals surface area contributed by atoms with Crippen molar-refractivity contribution in [3.8, 4) is 11.3 Å². The number of anilines is 1. The number of para-hydroxylation sites is 1. The molecule has 0 saturated carbocycles. The molecule has 0 bridgehead atoms. The van der Waals surface area contributed by atoms with Crippen molar-refractivity contribution < 1.29 is 9.18 Å². The van der Waals surface area contributed by atoms with Gasteiger partial charge >= 0.3 is 0 Å². The normalized spacial score (nSPS) is 11.2. The summed E-state index contributed by atoms with van der Waals surface area (Å²) >= 11 is 12.5. The number of hydrogen-bond donors (Lipinski definition) is 1. The molecule has 0 radical (unpaired) electrons. The fourth-order valence-electron chi connectivity index (χ4n) is 3.83. The number of nitrogens with zero attached hydrogens (tertiary/aromatic N) is 5. The third-order valence-electron chi connectivity index (χ3n) is 5.80. The van der Waals surface area contributed by atoms with E-state index >= 15 is 0 Å². The average Bonchev–Trinajstić information content (AvgIpc) is 3.36. The third kappa shape index (κ3) is 4.38. The molecule has 3 aromatic heterocycles. The van der Waals surface area contributed by atoms with E-state index in [9.17, 15) is 9.18 Å². The van der Waals surface area contributed by atoms with Crippen molar-refractivity contribution in [2.45, 2.75) is 13.5 Å². The van der Waals surface area contributed by atoms with E-state index in [1.54, 1.807) is 23.0 Å². The molecule has 1 N–H and O–H groups in total. The van der Waals surface area contributed by atoms with E-state index in [4.69, 9.17) is 28.2 Å². The second kappa shape index (κ2) is 9.13. The molecule has 176 valence electrons. The van der Waals surface area contributed by atoms with E-state index in [-0.39, 0.29) is 28.0 Å². The summed E-state index contributed by atoms with van der Waals surface area (Å²) < 4.78 is 17.4. The smallest absolute Gasteiger partial charge is 0.257 e. The number of halogens is 3. The Balaban J connectivity index is 1.49. The lowest BCUT2D eigenvalue weighted by atomic mass is 10.0. The number of pyridine rings is 1. The van der Waals surface area contributed by atoms with E-state index in [0.717, 1.165) is 11.3 Å². The Morgan fingerprint density at radius 1 is 1.11 bits per heavy atom. The Bertz CT molecular complexity index is 1570. The van der Waals surface area contributed by atoms with Crippen LogP contribution in [0.2, 0.25) is 10.0 Å². The van der Waals surface area contributed by atoms with Gasteiger partial charge in [-0.25, -0.2) is 9.37 Å². The highest BCUT2D eigenvalue weighted by atomic mass is 35.5. The Morgan fingerprint density at radius 2 is 1.91 bits per heavy atom. The largest absolute Gasteiger partial charge is 0.304 e. The van der Waals surface area contributed by atoms with E-state index in [2.05, 4.69) is 15.5 Å². The number of rotatable bonds is 5. The van der Waals surface area contributed by atoms with Gasteiger partial charge < -0.3 is 5.32 Å². The lowest BCUT2D eigenvalue weighted by Crippen LogP contribution is -2.14. The van der Waals surface area contributed by atoms with Gasteiger partial charge in [-0.15, -0.1) is 0 Å². The molecule has 5 aromatic rings. The maximum atomic E-state index is 14.2. The summed E-state index contributed by atoms with van der Waals surface area (Å²) in [5.41, 5.74) is 3.75. The predicted octanol–water partition coefficient (Wildman–Crippen LogP) is 5.89. The molecule has 0 unspecified atom stereocenters. The summed E-state index contributed by atoms with van der Waals surface area (Å²) in [5, 5.41) is 12.6. The van der Waals surface area contributed by atoms with Crippen molar-refractivity contribution >= 4 is 45.8 Å². The maximum absolute atomic E-state index is 14.2. The molecule has 0 aliphatic carbocycles. The van der Waals surface area contributed by atoms with Crippen LogP contribution in [0.1, 0.15) is 21.6 Å². The van der Waals surface area contributed by atoms with Crippen LogP contribution >= 0.6 is 23.2 Å². The molecule has 3 heterocycles. The zero-order valence-corrected chi connectivity index (χ0v) is 20.3. The Hall–Kier alpha value is -3.75. The van der Waals surface area contributed by atoms with Crippen LogP contribution in [0.15, 0.2) is 60.9 Å². The molecule has 7 nitrogen and oxygen atoms in total. The summed E-state index contributed by atoms with van der Waals surface area (Å²) in [4.78, 5) is 18.1. The van der Waals surface area contributed by atoms with Gasteiger partial charge in [-0.05, 0) is 31.2 Å². The summed E-state index contributed by atoms with van der Waals surface area (Å²) in [6.45, 7) is 2.00. The van der Waals surface area contributed by atoms with Crippen LogP contribution in [0, 0.1) is 12.7 Å². The number of carbonyl (C=O) groups excluding carboxylic acids is 1. The first kappa shape index (κ1) is 23.0. The van der Waals surface area contributed by atoms with Crippen molar-refractivity contribution in [2.24, 2.45) is 7.05 Å². The highest BCUT2D eigenvalue weighted by Crippen LogP contribution is 2.29. The van der Waals surface area contributed by atoms with Gasteiger partial charge in [0.2, 0.25) is 0 Å². The molecule has 35 heavy (non-hydrogen) atoms. The van der Waals surface area contributed by atoms with Gasteiger partial charge in [0, 0.05) is 40.5 Å². The molecule has 0 saturated heterocycles. The molecule has 0 fully saturated rings. The number of fused-ring (bicyclic) bond motifs is 1. The Kier molecular flexibility index (Phi) is 6.00. The molecule has 2 aromatic carbocycles. The quantitative estimate of drug-likeness (QED) is 0.321. The van der Waals surface area contributed by atoms with Crippen LogP contribution in [-0.2, 0) is 13.6 Å². The molecule has 10 heteroatoms. The van der Waals surface area contributed by atoms with E-state index in [1.165, 1.54) is 23.0 Å². The highest BCUT2D eigenvalue weighted by molar-refractivity contribution is 6.33. The van der Waals surface area contributed by atoms with Crippen LogP contribution in [0.5, 0.6) is 0 Å². The minimum absolute atomic E-state index is 0.0592. The zero-order chi connectivity index (χ0) is 24.7. The number of amides is 1. The van der Waals surface area contributed by atoms with Crippen molar-refractivity contribution in [2.75, 3.05) is 5.32 Å². The fraction of sp³-hybridized carbons (Fsp3) is 0.120. The maximum Gasteiger partial charge on any atom is 0.257 e. The number of aryl methyl sites for hydroxylation is 1. The lowest BCUT2D eigenvalue weighted by molar-refractivity contribution is 0.102. The molecular formula is C25H19Cl2FN6O. The predicted molar refractivity (Wildman–Crippen MR) is 134 cm³/mol. The molecule has 0 atom stereocenters. The molecule has 0 spiro atoms. The zero-order valence-electron chi connectivity index (χ0n) is 18.8. The topological polar surface area (TPSA) is 77.6 Å². The third-order valence-corrected chi connectivity index (χ3v) is 6.43. The second-order valence-corrected chi connectivity index (χ2v) is 8.83. The van der Waals surface area contributed by atoms with Crippen LogP contribution in [-0.4, -0.2) is 30.5 Å². The minimum Gasteiger partial charge on any atom is -0.304 e.